The molecule has 1 aromatic carbocycles. The highest BCUT2D eigenvalue weighted by molar-refractivity contribution is 5.87. The number of aromatic nitrogens is 1. The van der Waals surface area contributed by atoms with Crippen LogP contribution < -0.4 is 14.8 Å². The van der Waals surface area contributed by atoms with Gasteiger partial charge in [-0.2, -0.15) is 0 Å². The zero-order valence-electron chi connectivity index (χ0n) is 13.9. The van der Waals surface area contributed by atoms with Gasteiger partial charge in [0.2, 0.25) is 5.91 Å². The van der Waals surface area contributed by atoms with Crippen molar-refractivity contribution in [3.63, 3.8) is 0 Å². The number of amides is 1. The van der Waals surface area contributed by atoms with Crippen molar-refractivity contribution in [3.05, 3.63) is 53.9 Å². The van der Waals surface area contributed by atoms with Gasteiger partial charge >= 0.3 is 0 Å². The summed E-state index contributed by atoms with van der Waals surface area (Å²) in [6.45, 7) is 4.24. The summed E-state index contributed by atoms with van der Waals surface area (Å²) in [4.78, 5) is 16.6. The molecule has 0 spiro atoms. The second-order valence-corrected chi connectivity index (χ2v) is 5.73. The molecule has 0 aliphatic carbocycles. The molecule has 2 rings (SSSR count). The molecule has 0 fully saturated rings. The lowest BCUT2D eigenvalue weighted by molar-refractivity contribution is -0.125. The molecule has 122 valence electrons. The molecule has 1 heterocycles. The third-order valence-electron chi connectivity index (χ3n) is 3.88. The maximum absolute atomic E-state index is 12.6. The van der Waals surface area contributed by atoms with E-state index in [2.05, 4.69) is 10.3 Å². The Labute approximate surface area is 136 Å². The average molecular weight is 314 g/mol. The lowest BCUT2D eigenvalue weighted by Gasteiger charge is -2.25. The highest BCUT2D eigenvalue weighted by atomic mass is 16.5. The van der Waals surface area contributed by atoms with Crippen molar-refractivity contribution >= 4 is 5.91 Å². The van der Waals surface area contributed by atoms with E-state index in [1.165, 1.54) is 0 Å². The van der Waals surface area contributed by atoms with Gasteiger partial charge in [0, 0.05) is 18.9 Å². The number of methoxy groups -OCH3 is 2. The van der Waals surface area contributed by atoms with E-state index in [-0.39, 0.29) is 5.91 Å². The van der Waals surface area contributed by atoms with Gasteiger partial charge in [-0.25, -0.2) is 0 Å². The maximum atomic E-state index is 12.6. The van der Waals surface area contributed by atoms with Crippen molar-refractivity contribution in [3.8, 4) is 11.5 Å². The molecular weight excluding hydrogens is 292 g/mol. The summed E-state index contributed by atoms with van der Waals surface area (Å²) in [6.07, 6.45) is 3.42. The second-order valence-electron chi connectivity index (χ2n) is 5.73. The number of hydrogen-bond acceptors (Lipinski definition) is 4. The third kappa shape index (κ3) is 3.80. The number of carbonyl (C=O) groups excluding carboxylic acids is 1. The summed E-state index contributed by atoms with van der Waals surface area (Å²) >= 11 is 0. The van der Waals surface area contributed by atoms with E-state index in [4.69, 9.17) is 9.47 Å². The Morgan fingerprint density at radius 1 is 1.09 bits per heavy atom. The van der Waals surface area contributed by atoms with Gasteiger partial charge in [-0.15, -0.1) is 0 Å². The molecule has 0 atom stereocenters. The van der Waals surface area contributed by atoms with E-state index in [1.807, 2.05) is 44.2 Å². The van der Waals surface area contributed by atoms with E-state index in [0.29, 0.717) is 18.0 Å². The predicted molar refractivity (Wildman–Crippen MR) is 88.7 cm³/mol. The van der Waals surface area contributed by atoms with Crippen molar-refractivity contribution in [2.45, 2.75) is 25.8 Å². The third-order valence-corrected chi connectivity index (χ3v) is 3.88. The van der Waals surface area contributed by atoms with Gasteiger partial charge in [0.05, 0.1) is 19.6 Å². The number of benzene rings is 1. The smallest absolute Gasteiger partial charge is 0.230 e. The summed E-state index contributed by atoms with van der Waals surface area (Å²) in [5.74, 6) is 1.20. The zero-order valence-corrected chi connectivity index (χ0v) is 13.9. The molecule has 5 heteroatoms. The second kappa shape index (κ2) is 7.13. The molecule has 23 heavy (non-hydrogen) atoms. The van der Waals surface area contributed by atoms with Gasteiger partial charge in [0.25, 0.3) is 0 Å². The van der Waals surface area contributed by atoms with E-state index >= 15 is 0 Å². The van der Waals surface area contributed by atoms with Crippen LogP contribution in [-0.2, 0) is 16.8 Å². The molecule has 5 nitrogen and oxygen atoms in total. The van der Waals surface area contributed by atoms with Crippen LogP contribution in [-0.4, -0.2) is 25.1 Å². The van der Waals surface area contributed by atoms with Crippen molar-refractivity contribution in [2.24, 2.45) is 0 Å². The fraction of sp³-hybridized carbons (Fsp3) is 0.333. The van der Waals surface area contributed by atoms with Crippen molar-refractivity contribution in [1.82, 2.24) is 10.3 Å². The Morgan fingerprint density at radius 3 is 2.35 bits per heavy atom. The Hall–Kier alpha value is -2.56. The molecule has 0 unspecified atom stereocenters. The summed E-state index contributed by atoms with van der Waals surface area (Å²) in [6, 6.07) is 9.29. The first kappa shape index (κ1) is 16.8. The van der Waals surface area contributed by atoms with Gasteiger partial charge in [-0.3, -0.25) is 9.78 Å². The fourth-order valence-corrected chi connectivity index (χ4v) is 2.26. The van der Waals surface area contributed by atoms with Crippen LogP contribution in [0.3, 0.4) is 0 Å². The van der Waals surface area contributed by atoms with Crippen molar-refractivity contribution < 1.29 is 14.3 Å². The number of pyridine rings is 1. The SMILES string of the molecule is COc1ccc(C(C)(C)C(=O)NCc2ccncc2)cc1OC. The van der Waals surface area contributed by atoms with Crippen LogP contribution in [0.25, 0.3) is 0 Å². The standard InChI is InChI=1S/C18H22N2O3/c1-18(2,14-5-6-15(22-3)16(11-14)23-4)17(21)20-12-13-7-9-19-10-8-13/h5-11H,12H2,1-4H3,(H,20,21). The Kier molecular flexibility index (Phi) is 5.21. The van der Waals surface area contributed by atoms with Crippen LogP contribution in [0.4, 0.5) is 0 Å². The Bertz CT molecular complexity index is 669. The normalized spacial score (nSPS) is 11.0. The molecule has 1 N–H and O–H groups in total. The largest absolute Gasteiger partial charge is 0.493 e. The van der Waals surface area contributed by atoms with Crippen molar-refractivity contribution in [1.29, 1.82) is 0 Å². The Balaban J connectivity index is 2.15. The number of carbonyl (C=O) groups is 1. The first-order valence-electron chi connectivity index (χ1n) is 7.38. The van der Waals surface area contributed by atoms with E-state index in [1.54, 1.807) is 26.6 Å². The van der Waals surface area contributed by atoms with Gasteiger partial charge in [-0.05, 0) is 49.2 Å². The molecular formula is C18H22N2O3. The Morgan fingerprint density at radius 2 is 1.74 bits per heavy atom. The highest BCUT2D eigenvalue weighted by Gasteiger charge is 2.30. The average Bonchev–Trinajstić information content (AvgIpc) is 2.59. The first-order valence-corrected chi connectivity index (χ1v) is 7.38. The van der Waals surface area contributed by atoms with Crippen molar-refractivity contribution in [2.75, 3.05) is 14.2 Å². The molecule has 1 aromatic heterocycles. The van der Waals surface area contributed by atoms with Crippen LogP contribution >= 0.6 is 0 Å². The molecule has 0 saturated heterocycles. The highest BCUT2D eigenvalue weighted by Crippen LogP contribution is 2.33. The molecule has 0 radical (unpaired) electrons. The minimum Gasteiger partial charge on any atom is -0.493 e. The number of ether oxygens (including phenoxy) is 2. The number of nitrogens with zero attached hydrogens (tertiary/aromatic N) is 1. The van der Waals surface area contributed by atoms with Crippen LogP contribution in [0.15, 0.2) is 42.7 Å². The lowest BCUT2D eigenvalue weighted by Crippen LogP contribution is -2.39. The minimum absolute atomic E-state index is 0.0541. The van der Waals surface area contributed by atoms with E-state index in [9.17, 15) is 4.79 Å². The maximum Gasteiger partial charge on any atom is 0.230 e. The predicted octanol–water partition coefficient (Wildman–Crippen LogP) is 2.69. The van der Waals surface area contributed by atoms with E-state index < -0.39 is 5.41 Å². The monoisotopic (exact) mass is 314 g/mol. The minimum atomic E-state index is -0.688. The summed E-state index contributed by atoms with van der Waals surface area (Å²) < 4.78 is 10.6. The number of rotatable bonds is 6. The van der Waals surface area contributed by atoms with E-state index in [0.717, 1.165) is 11.1 Å². The molecule has 1 amide bonds. The number of nitrogens with one attached hydrogen (secondary N) is 1. The van der Waals surface area contributed by atoms with Gasteiger partial charge in [-0.1, -0.05) is 6.07 Å². The molecule has 0 saturated carbocycles. The number of hydrogen-bond donors (Lipinski definition) is 1. The summed E-state index contributed by atoms with van der Waals surface area (Å²) in [5.41, 5.74) is 1.19. The van der Waals surface area contributed by atoms with Crippen LogP contribution in [0, 0.1) is 0 Å². The molecule has 0 aliphatic rings. The zero-order chi connectivity index (χ0) is 16.9. The fourth-order valence-electron chi connectivity index (χ4n) is 2.26. The molecule has 0 bridgehead atoms. The van der Waals surface area contributed by atoms with Crippen LogP contribution in [0.1, 0.15) is 25.0 Å². The molecule has 0 aliphatic heterocycles. The molecule has 2 aromatic rings. The van der Waals surface area contributed by atoms with Gasteiger partial charge in [0.1, 0.15) is 0 Å². The first-order chi connectivity index (χ1) is 11.0. The lowest BCUT2D eigenvalue weighted by atomic mass is 9.83. The summed E-state index contributed by atoms with van der Waals surface area (Å²) in [7, 11) is 3.17. The van der Waals surface area contributed by atoms with Gasteiger partial charge in [0.15, 0.2) is 11.5 Å². The quantitative estimate of drug-likeness (QED) is 0.890. The van der Waals surface area contributed by atoms with Crippen LogP contribution in [0.5, 0.6) is 11.5 Å². The van der Waals surface area contributed by atoms with Crippen LogP contribution in [0.2, 0.25) is 0 Å². The summed E-state index contributed by atoms with van der Waals surface area (Å²) in [5, 5.41) is 2.97. The van der Waals surface area contributed by atoms with Gasteiger partial charge < -0.3 is 14.8 Å². The topological polar surface area (TPSA) is 60.5 Å².